The number of hydrogen-bond acceptors (Lipinski definition) is 3. The second-order valence-corrected chi connectivity index (χ2v) is 6.11. The molecule has 0 aliphatic rings. The van der Waals surface area contributed by atoms with E-state index in [1.165, 1.54) is 0 Å². The Hall–Kier alpha value is -1.72. The largest absolute Gasteiger partial charge is 0.398 e. The summed E-state index contributed by atoms with van der Waals surface area (Å²) in [7, 11) is 0. The van der Waals surface area contributed by atoms with Gasteiger partial charge in [0.1, 0.15) is 0 Å². The second kappa shape index (κ2) is 7.33. The van der Waals surface area contributed by atoms with Gasteiger partial charge in [-0.1, -0.05) is 24.3 Å². The molecule has 0 aliphatic heterocycles. The van der Waals surface area contributed by atoms with E-state index in [0.717, 1.165) is 16.3 Å². The quantitative estimate of drug-likeness (QED) is 0.465. The van der Waals surface area contributed by atoms with Crippen LogP contribution in [-0.4, -0.2) is 11.7 Å². The maximum Gasteiger partial charge on any atom is 0.256 e. The number of nitrogen functional groups attached to an aromatic ring is 1. The standard InChI is InChI=1S/C16H15BrN2OS/c1-2-10-21-14-9-4-3-8-13(14)19-16(20)11-6-5-7-12(18)15(11)17/h2-9H,1,10,18H2,(H,19,20). The third-order valence-corrected chi connectivity index (χ3v) is 4.72. The molecular formula is C16H15BrN2OS. The molecular weight excluding hydrogens is 348 g/mol. The summed E-state index contributed by atoms with van der Waals surface area (Å²) in [5.41, 5.74) is 7.64. The highest BCUT2D eigenvalue weighted by atomic mass is 79.9. The fraction of sp³-hybridized carbons (Fsp3) is 0.0625. The van der Waals surface area contributed by atoms with Crippen molar-refractivity contribution in [2.45, 2.75) is 4.90 Å². The summed E-state index contributed by atoms with van der Waals surface area (Å²) in [5, 5.41) is 2.92. The molecule has 5 heteroatoms. The van der Waals surface area contributed by atoms with Crippen molar-refractivity contribution in [3.05, 3.63) is 65.2 Å². The molecule has 0 aromatic heterocycles. The van der Waals surface area contributed by atoms with Crippen LogP contribution >= 0.6 is 27.7 Å². The van der Waals surface area contributed by atoms with Crippen molar-refractivity contribution in [2.24, 2.45) is 0 Å². The molecule has 0 bridgehead atoms. The van der Waals surface area contributed by atoms with Gasteiger partial charge in [-0.2, -0.15) is 0 Å². The molecule has 0 spiro atoms. The van der Waals surface area contributed by atoms with Gasteiger partial charge in [0, 0.05) is 16.3 Å². The summed E-state index contributed by atoms with van der Waals surface area (Å²) < 4.78 is 0.610. The predicted octanol–water partition coefficient (Wildman–Crippen LogP) is 4.56. The van der Waals surface area contributed by atoms with Crippen molar-refractivity contribution in [1.82, 2.24) is 0 Å². The highest BCUT2D eigenvalue weighted by molar-refractivity contribution is 9.10. The van der Waals surface area contributed by atoms with Crippen LogP contribution in [0, 0.1) is 0 Å². The van der Waals surface area contributed by atoms with Crippen molar-refractivity contribution in [3.8, 4) is 0 Å². The number of nitrogens with one attached hydrogen (secondary N) is 1. The van der Waals surface area contributed by atoms with Gasteiger partial charge in [-0.3, -0.25) is 4.79 Å². The average molecular weight is 363 g/mol. The number of nitrogens with two attached hydrogens (primary N) is 1. The zero-order valence-corrected chi connectivity index (χ0v) is 13.7. The molecule has 1 amide bonds. The van der Waals surface area contributed by atoms with E-state index in [-0.39, 0.29) is 5.91 Å². The number of carbonyl (C=O) groups is 1. The van der Waals surface area contributed by atoms with E-state index in [2.05, 4.69) is 27.8 Å². The van der Waals surface area contributed by atoms with Gasteiger partial charge in [0.2, 0.25) is 0 Å². The lowest BCUT2D eigenvalue weighted by Crippen LogP contribution is -2.13. The number of para-hydroxylation sites is 1. The van der Waals surface area contributed by atoms with Crippen LogP contribution in [0.4, 0.5) is 11.4 Å². The minimum atomic E-state index is -0.194. The van der Waals surface area contributed by atoms with Gasteiger partial charge in [-0.25, -0.2) is 0 Å². The lowest BCUT2D eigenvalue weighted by Gasteiger charge is -2.11. The van der Waals surface area contributed by atoms with Gasteiger partial charge in [0.05, 0.1) is 15.7 Å². The minimum absolute atomic E-state index is 0.194. The molecule has 21 heavy (non-hydrogen) atoms. The van der Waals surface area contributed by atoms with Crippen molar-refractivity contribution >= 4 is 45.0 Å². The van der Waals surface area contributed by atoms with E-state index < -0.39 is 0 Å². The molecule has 0 atom stereocenters. The van der Waals surface area contributed by atoms with Crippen molar-refractivity contribution in [2.75, 3.05) is 16.8 Å². The number of amides is 1. The molecule has 2 aromatic carbocycles. The van der Waals surface area contributed by atoms with Crippen LogP contribution in [0.1, 0.15) is 10.4 Å². The molecule has 0 heterocycles. The van der Waals surface area contributed by atoms with Crippen LogP contribution in [0.5, 0.6) is 0 Å². The van der Waals surface area contributed by atoms with E-state index >= 15 is 0 Å². The van der Waals surface area contributed by atoms with Crippen LogP contribution in [0.2, 0.25) is 0 Å². The highest BCUT2D eigenvalue weighted by Gasteiger charge is 2.13. The van der Waals surface area contributed by atoms with Crippen LogP contribution in [0.15, 0.2) is 64.5 Å². The monoisotopic (exact) mass is 362 g/mol. The van der Waals surface area contributed by atoms with E-state index in [1.807, 2.05) is 30.3 Å². The lowest BCUT2D eigenvalue weighted by molar-refractivity contribution is 0.102. The molecule has 0 unspecified atom stereocenters. The third kappa shape index (κ3) is 3.89. The Morgan fingerprint density at radius 3 is 2.81 bits per heavy atom. The van der Waals surface area contributed by atoms with Crippen LogP contribution in [0.25, 0.3) is 0 Å². The van der Waals surface area contributed by atoms with Crippen molar-refractivity contribution in [3.63, 3.8) is 0 Å². The summed E-state index contributed by atoms with van der Waals surface area (Å²) in [5.74, 6) is 0.593. The SMILES string of the molecule is C=CCSc1ccccc1NC(=O)c1cccc(N)c1Br. The van der Waals surface area contributed by atoms with Gasteiger partial charge < -0.3 is 11.1 Å². The van der Waals surface area contributed by atoms with Crippen LogP contribution in [-0.2, 0) is 0 Å². The van der Waals surface area contributed by atoms with E-state index in [0.29, 0.717) is 15.7 Å². The summed E-state index contributed by atoms with van der Waals surface area (Å²) in [4.78, 5) is 13.4. The van der Waals surface area contributed by atoms with Gasteiger partial charge in [0.15, 0.2) is 0 Å². The summed E-state index contributed by atoms with van der Waals surface area (Å²) >= 11 is 4.97. The van der Waals surface area contributed by atoms with Gasteiger partial charge in [0.25, 0.3) is 5.91 Å². The van der Waals surface area contributed by atoms with Crippen LogP contribution < -0.4 is 11.1 Å². The van der Waals surface area contributed by atoms with E-state index in [4.69, 9.17) is 5.73 Å². The Kier molecular flexibility index (Phi) is 5.47. The minimum Gasteiger partial charge on any atom is -0.398 e. The van der Waals surface area contributed by atoms with Crippen molar-refractivity contribution < 1.29 is 4.79 Å². The van der Waals surface area contributed by atoms with Crippen LogP contribution in [0.3, 0.4) is 0 Å². The number of rotatable bonds is 5. The van der Waals surface area contributed by atoms with Gasteiger partial charge in [-0.15, -0.1) is 18.3 Å². The molecule has 2 rings (SSSR count). The first-order chi connectivity index (χ1) is 10.1. The predicted molar refractivity (Wildman–Crippen MR) is 93.9 cm³/mol. The maximum absolute atomic E-state index is 12.4. The zero-order valence-electron chi connectivity index (χ0n) is 11.3. The Labute approximate surface area is 136 Å². The first kappa shape index (κ1) is 15.7. The molecule has 0 saturated heterocycles. The molecule has 0 fully saturated rings. The molecule has 0 aliphatic carbocycles. The zero-order chi connectivity index (χ0) is 15.2. The van der Waals surface area contributed by atoms with E-state index in [9.17, 15) is 4.79 Å². The summed E-state index contributed by atoms with van der Waals surface area (Å²) in [6, 6.07) is 12.9. The Morgan fingerprint density at radius 2 is 2.05 bits per heavy atom. The topological polar surface area (TPSA) is 55.1 Å². The first-order valence-electron chi connectivity index (χ1n) is 6.31. The smallest absolute Gasteiger partial charge is 0.256 e. The summed E-state index contributed by atoms with van der Waals surface area (Å²) in [6.45, 7) is 3.71. The fourth-order valence-corrected chi connectivity index (χ4v) is 2.95. The molecule has 0 radical (unpaired) electrons. The number of benzene rings is 2. The number of hydrogen-bond donors (Lipinski definition) is 2. The number of carbonyl (C=O) groups excluding carboxylic acids is 1. The van der Waals surface area contributed by atoms with Gasteiger partial charge >= 0.3 is 0 Å². The van der Waals surface area contributed by atoms with Gasteiger partial charge in [-0.05, 0) is 40.2 Å². The second-order valence-electron chi connectivity index (χ2n) is 4.26. The molecule has 0 saturated carbocycles. The summed E-state index contributed by atoms with van der Waals surface area (Å²) in [6.07, 6.45) is 1.83. The van der Waals surface area contributed by atoms with E-state index in [1.54, 1.807) is 30.0 Å². The Balaban J connectivity index is 2.23. The Morgan fingerprint density at radius 1 is 1.29 bits per heavy atom. The lowest BCUT2D eigenvalue weighted by atomic mass is 10.2. The average Bonchev–Trinajstić information content (AvgIpc) is 2.49. The maximum atomic E-state index is 12.4. The fourth-order valence-electron chi connectivity index (χ4n) is 1.76. The number of anilines is 2. The molecule has 3 N–H and O–H groups in total. The first-order valence-corrected chi connectivity index (χ1v) is 8.09. The number of halogens is 1. The molecule has 2 aromatic rings. The molecule has 108 valence electrons. The third-order valence-electron chi connectivity index (χ3n) is 2.77. The normalized spacial score (nSPS) is 10.1. The Bertz CT molecular complexity index is 673. The number of thioether (sulfide) groups is 1. The van der Waals surface area contributed by atoms with Crippen molar-refractivity contribution in [1.29, 1.82) is 0 Å². The molecule has 3 nitrogen and oxygen atoms in total. The highest BCUT2D eigenvalue weighted by Crippen LogP contribution is 2.29.